The van der Waals surface area contributed by atoms with E-state index in [0.29, 0.717) is 23.4 Å². The number of rotatable bonds is 3. The first-order valence-corrected chi connectivity index (χ1v) is 7.35. The molecule has 3 rings (SSSR count). The van der Waals surface area contributed by atoms with Crippen LogP contribution < -0.4 is 4.74 Å². The van der Waals surface area contributed by atoms with Crippen molar-refractivity contribution in [3.63, 3.8) is 0 Å². The van der Waals surface area contributed by atoms with Gasteiger partial charge in [0, 0.05) is 17.9 Å². The molecule has 0 radical (unpaired) electrons. The zero-order chi connectivity index (χ0) is 16.6. The van der Waals surface area contributed by atoms with Gasteiger partial charge in [0.15, 0.2) is 0 Å². The van der Waals surface area contributed by atoms with E-state index in [2.05, 4.69) is 4.98 Å². The predicted molar refractivity (Wildman–Crippen MR) is 82.4 cm³/mol. The molecule has 1 aromatic carbocycles. The number of nitrogens with zero attached hydrogens (tertiary/aromatic N) is 1. The number of hydrogen-bond acceptors (Lipinski definition) is 6. The molecule has 0 N–H and O–H groups in total. The number of esters is 2. The molecular weight excluding hydrogens is 298 g/mol. The van der Waals surface area contributed by atoms with Gasteiger partial charge in [-0.2, -0.15) is 0 Å². The summed E-state index contributed by atoms with van der Waals surface area (Å²) in [5.74, 6) is -0.367. The van der Waals surface area contributed by atoms with Gasteiger partial charge in [-0.15, -0.1) is 0 Å². The normalized spacial score (nSPS) is 20.4. The summed E-state index contributed by atoms with van der Waals surface area (Å²) >= 11 is 0. The van der Waals surface area contributed by atoms with E-state index in [1.54, 1.807) is 39.2 Å². The third-order valence-corrected chi connectivity index (χ3v) is 3.81. The van der Waals surface area contributed by atoms with Gasteiger partial charge in [-0.1, -0.05) is 0 Å². The van der Waals surface area contributed by atoms with Crippen LogP contribution in [0.25, 0.3) is 10.9 Å². The lowest BCUT2D eigenvalue weighted by Gasteiger charge is -2.11. The second-order valence-electron chi connectivity index (χ2n) is 5.56. The number of carbonyl (C=O) groups is 2. The van der Waals surface area contributed by atoms with Crippen molar-refractivity contribution in [1.29, 1.82) is 0 Å². The zero-order valence-electron chi connectivity index (χ0n) is 13.2. The van der Waals surface area contributed by atoms with Crippen molar-refractivity contribution >= 4 is 22.8 Å². The van der Waals surface area contributed by atoms with E-state index in [1.165, 1.54) is 0 Å². The van der Waals surface area contributed by atoms with Crippen LogP contribution in [-0.2, 0) is 14.3 Å². The van der Waals surface area contributed by atoms with Gasteiger partial charge >= 0.3 is 11.9 Å². The Morgan fingerprint density at radius 3 is 2.78 bits per heavy atom. The average Bonchev–Trinajstić information content (AvgIpc) is 2.83. The van der Waals surface area contributed by atoms with E-state index in [-0.39, 0.29) is 6.10 Å². The SMILES string of the molecule is COc1ccc2cc(C(=O)O[C@H]3C[C@H](C)OC3=O)c(C)nc2c1. The van der Waals surface area contributed by atoms with Gasteiger partial charge in [0.1, 0.15) is 11.9 Å². The van der Waals surface area contributed by atoms with E-state index in [4.69, 9.17) is 14.2 Å². The predicted octanol–water partition coefficient (Wildman–Crippen LogP) is 2.41. The van der Waals surface area contributed by atoms with Gasteiger partial charge in [0.05, 0.1) is 23.9 Å². The summed E-state index contributed by atoms with van der Waals surface area (Å²) in [5.41, 5.74) is 1.61. The van der Waals surface area contributed by atoms with Crippen molar-refractivity contribution in [3.8, 4) is 5.75 Å². The lowest BCUT2D eigenvalue weighted by molar-refractivity contribution is -0.147. The molecule has 1 aliphatic heterocycles. The summed E-state index contributed by atoms with van der Waals surface area (Å²) in [6.07, 6.45) is -0.700. The maximum absolute atomic E-state index is 12.3. The van der Waals surface area contributed by atoms with Crippen LogP contribution in [0.3, 0.4) is 0 Å². The molecule has 1 aromatic heterocycles. The van der Waals surface area contributed by atoms with Gasteiger partial charge in [-0.3, -0.25) is 4.98 Å². The quantitative estimate of drug-likeness (QED) is 0.810. The first-order chi connectivity index (χ1) is 11.0. The molecule has 0 unspecified atom stereocenters. The lowest BCUT2D eigenvalue weighted by Crippen LogP contribution is -2.23. The van der Waals surface area contributed by atoms with Gasteiger partial charge in [0.25, 0.3) is 0 Å². The van der Waals surface area contributed by atoms with Crippen LogP contribution in [0.2, 0.25) is 0 Å². The first kappa shape index (κ1) is 15.3. The van der Waals surface area contributed by atoms with Gasteiger partial charge in [0.2, 0.25) is 6.10 Å². The molecule has 23 heavy (non-hydrogen) atoms. The van der Waals surface area contributed by atoms with Crippen molar-refractivity contribution in [3.05, 3.63) is 35.5 Å². The highest BCUT2D eigenvalue weighted by Gasteiger charge is 2.35. The number of carbonyl (C=O) groups excluding carboxylic acids is 2. The van der Waals surface area contributed by atoms with Crippen LogP contribution in [0.4, 0.5) is 0 Å². The number of cyclic esters (lactones) is 1. The standard InChI is InChI=1S/C17H17NO5/c1-9-6-15(17(20)22-9)23-16(19)13-7-11-4-5-12(21-3)8-14(11)18-10(13)2/h4-5,7-9,15H,6H2,1-3H3/t9-,15-/m0/s1. The lowest BCUT2D eigenvalue weighted by atomic mass is 10.1. The summed E-state index contributed by atoms with van der Waals surface area (Å²) in [6.45, 7) is 3.49. The third-order valence-electron chi connectivity index (χ3n) is 3.81. The van der Waals surface area contributed by atoms with Gasteiger partial charge in [-0.25, -0.2) is 9.59 Å². The van der Waals surface area contributed by atoms with E-state index in [1.807, 2.05) is 6.07 Å². The Morgan fingerprint density at radius 1 is 1.35 bits per heavy atom. The Bertz CT molecular complexity index is 786. The number of hydrogen-bond donors (Lipinski definition) is 0. The van der Waals surface area contributed by atoms with Gasteiger partial charge in [-0.05, 0) is 32.0 Å². The van der Waals surface area contributed by atoms with Crippen molar-refractivity contribution in [2.24, 2.45) is 0 Å². The number of fused-ring (bicyclic) bond motifs is 1. The maximum Gasteiger partial charge on any atom is 0.347 e. The summed E-state index contributed by atoms with van der Waals surface area (Å²) < 4.78 is 15.4. The molecule has 0 amide bonds. The Labute approximate surface area is 133 Å². The molecule has 6 heteroatoms. The Kier molecular flexibility index (Phi) is 3.90. The topological polar surface area (TPSA) is 74.7 Å². The average molecular weight is 315 g/mol. The van der Waals surface area contributed by atoms with Crippen LogP contribution in [0.1, 0.15) is 29.4 Å². The second-order valence-corrected chi connectivity index (χ2v) is 5.56. The van der Waals surface area contributed by atoms with E-state index in [9.17, 15) is 9.59 Å². The van der Waals surface area contributed by atoms with Crippen molar-refractivity contribution in [2.75, 3.05) is 7.11 Å². The Hall–Kier alpha value is -2.63. The number of aryl methyl sites for hydroxylation is 1. The summed E-state index contributed by atoms with van der Waals surface area (Å²) in [7, 11) is 1.58. The molecule has 0 bridgehead atoms. The third kappa shape index (κ3) is 2.97. The fraction of sp³-hybridized carbons (Fsp3) is 0.353. The van der Waals surface area contributed by atoms with E-state index < -0.39 is 18.0 Å². The highest BCUT2D eigenvalue weighted by atomic mass is 16.6. The summed E-state index contributed by atoms with van der Waals surface area (Å²) in [4.78, 5) is 28.4. The molecule has 0 aliphatic carbocycles. The molecule has 2 aromatic rings. The monoisotopic (exact) mass is 315 g/mol. The van der Waals surface area contributed by atoms with Crippen LogP contribution >= 0.6 is 0 Å². The zero-order valence-corrected chi connectivity index (χ0v) is 13.2. The van der Waals surface area contributed by atoms with Gasteiger partial charge < -0.3 is 14.2 Å². The molecule has 120 valence electrons. The Balaban J connectivity index is 1.88. The van der Waals surface area contributed by atoms with Crippen LogP contribution in [0.15, 0.2) is 24.3 Å². The molecule has 6 nitrogen and oxygen atoms in total. The Morgan fingerprint density at radius 2 is 2.13 bits per heavy atom. The van der Waals surface area contributed by atoms with Crippen LogP contribution in [0.5, 0.6) is 5.75 Å². The van der Waals surface area contributed by atoms with Crippen molar-refractivity contribution in [2.45, 2.75) is 32.5 Å². The molecule has 1 fully saturated rings. The molecular formula is C17H17NO5. The summed E-state index contributed by atoms with van der Waals surface area (Å²) in [6, 6.07) is 7.13. The number of aromatic nitrogens is 1. The van der Waals surface area contributed by atoms with Crippen molar-refractivity contribution < 1.29 is 23.8 Å². The molecule has 1 aliphatic rings. The smallest absolute Gasteiger partial charge is 0.347 e. The van der Waals surface area contributed by atoms with Crippen molar-refractivity contribution in [1.82, 2.24) is 4.98 Å². The van der Waals surface area contributed by atoms with E-state index in [0.717, 1.165) is 10.9 Å². The molecule has 1 saturated heterocycles. The number of methoxy groups -OCH3 is 1. The van der Waals surface area contributed by atoms with Crippen LogP contribution in [0, 0.1) is 6.92 Å². The minimum atomic E-state index is -0.844. The highest BCUT2D eigenvalue weighted by molar-refractivity contribution is 5.96. The minimum absolute atomic E-state index is 0.233. The fourth-order valence-corrected chi connectivity index (χ4v) is 2.59. The molecule has 2 heterocycles. The first-order valence-electron chi connectivity index (χ1n) is 7.35. The number of pyridine rings is 1. The molecule has 0 spiro atoms. The molecule has 2 atom stereocenters. The minimum Gasteiger partial charge on any atom is -0.497 e. The maximum atomic E-state index is 12.3. The highest BCUT2D eigenvalue weighted by Crippen LogP contribution is 2.24. The fourth-order valence-electron chi connectivity index (χ4n) is 2.59. The van der Waals surface area contributed by atoms with Crippen LogP contribution in [-0.4, -0.2) is 36.2 Å². The molecule has 0 saturated carbocycles. The second kappa shape index (κ2) is 5.87. The number of benzene rings is 1. The summed E-state index contributed by atoms with van der Waals surface area (Å²) in [5, 5.41) is 0.797. The number of ether oxygens (including phenoxy) is 3. The van der Waals surface area contributed by atoms with E-state index >= 15 is 0 Å². The largest absolute Gasteiger partial charge is 0.497 e.